The third-order valence-corrected chi connectivity index (χ3v) is 8.78. The number of aldehydes is 1. The average Bonchev–Trinajstić information content (AvgIpc) is 2.33. The van der Waals surface area contributed by atoms with E-state index >= 15 is 0 Å². The van der Waals surface area contributed by atoms with Crippen LogP contribution >= 0.6 is 0 Å². The fraction of sp³-hybridized carbons (Fsp3) is 0.706. The second-order valence-corrected chi connectivity index (χ2v) is 12.0. The smallest absolute Gasteiger partial charge is 0.192 e. The first-order valence-electron chi connectivity index (χ1n) is 7.40. The molecule has 2 nitrogen and oxygen atoms in total. The van der Waals surface area contributed by atoms with Gasteiger partial charge in [0.1, 0.15) is 6.29 Å². The Bertz CT molecular complexity index is 386. The lowest BCUT2D eigenvalue weighted by Gasteiger charge is -2.41. The van der Waals surface area contributed by atoms with Crippen LogP contribution in [0.5, 0.6) is 0 Å². The van der Waals surface area contributed by atoms with Gasteiger partial charge in [0.25, 0.3) is 0 Å². The number of rotatable bonds is 6. The van der Waals surface area contributed by atoms with Crippen LogP contribution in [0.4, 0.5) is 0 Å². The molecule has 3 heteroatoms. The highest BCUT2D eigenvalue weighted by Gasteiger charge is 2.40. The minimum atomic E-state index is -1.83. The Balaban J connectivity index is 5.36. The zero-order valence-corrected chi connectivity index (χ0v) is 15.7. The summed E-state index contributed by atoms with van der Waals surface area (Å²) in [5.41, 5.74) is 2.00. The molecule has 0 saturated heterocycles. The minimum Gasteiger partial charge on any atom is -0.410 e. The van der Waals surface area contributed by atoms with Gasteiger partial charge in [0.2, 0.25) is 0 Å². The number of hydrogen-bond acceptors (Lipinski definition) is 2. The largest absolute Gasteiger partial charge is 0.410 e. The Hall–Kier alpha value is -0.673. The highest BCUT2D eigenvalue weighted by molar-refractivity contribution is 6.74. The molecule has 116 valence electrons. The molecule has 0 fully saturated rings. The molecule has 0 heterocycles. The Morgan fingerprint density at radius 3 is 2.05 bits per heavy atom. The molecule has 0 radical (unpaired) electrons. The highest BCUT2D eigenvalue weighted by atomic mass is 28.4. The van der Waals surface area contributed by atoms with Crippen LogP contribution in [0, 0.1) is 5.92 Å². The standard InChI is InChI=1S/C17H32O2Si/c1-10-14(3)16(15(4)11-13(2)12-18)19-20(8,9)17(5,6)7/h10-12,15-16H,1-9H3/b13-11+,14-10+/t15-,16-/m0/s1. The van der Waals surface area contributed by atoms with Crippen molar-refractivity contribution in [3.63, 3.8) is 0 Å². The summed E-state index contributed by atoms with van der Waals surface area (Å²) in [5.74, 6) is 0.200. The summed E-state index contributed by atoms with van der Waals surface area (Å²) in [5, 5.41) is 0.183. The number of allylic oxidation sites excluding steroid dienone is 2. The number of hydrogen-bond donors (Lipinski definition) is 0. The minimum absolute atomic E-state index is 0.0517. The van der Waals surface area contributed by atoms with Gasteiger partial charge in [-0.05, 0) is 50.0 Å². The quantitative estimate of drug-likeness (QED) is 0.294. The summed E-state index contributed by atoms with van der Waals surface area (Å²) in [6.45, 7) is 19.4. The van der Waals surface area contributed by atoms with Gasteiger partial charge in [-0.25, -0.2) is 0 Å². The molecule has 0 aliphatic carbocycles. The Labute approximate surface area is 126 Å². The molecular weight excluding hydrogens is 264 g/mol. The van der Waals surface area contributed by atoms with Crippen LogP contribution in [0.3, 0.4) is 0 Å². The molecule has 2 atom stereocenters. The fourth-order valence-corrected chi connectivity index (χ4v) is 3.20. The van der Waals surface area contributed by atoms with E-state index in [1.165, 1.54) is 5.57 Å². The van der Waals surface area contributed by atoms with Crippen molar-refractivity contribution in [2.75, 3.05) is 0 Å². The fourth-order valence-electron chi connectivity index (χ4n) is 1.81. The molecule has 0 aromatic carbocycles. The molecule has 0 rings (SSSR count). The van der Waals surface area contributed by atoms with Crippen LogP contribution in [0.15, 0.2) is 23.3 Å². The normalized spacial score (nSPS) is 17.9. The van der Waals surface area contributed by atoms with E-state index in [9.17, 15) is 4.79 Å². The van der Waals surface area contributed by atoms with Crippen molar-refractivity contribution in [1.29, 1.82) is 0 Å². The van der Waals surface area contributed by atoms with E-state index in [2.05, 4.69) is 53.8 Å². The van der Waals surface area contributed by atoms with E-state index in [0.29, 0.717) is 0 Å². The summed E-state index contributed by atoms with van der Waals surface area (Å²) in [7, 11) is -1.83. The summed E-state index contributed by atoms with van der Waals surface area (Å²) < 4.78 is 6.57. The molecule has 0 amide bonds. The molecule has 0 aliphatic heterocycles. The van der Waals surface area contributed by atoms with Crippen molar-refractivity contribution >= 4 is 14.6 Å². The highest BCUT2D eigenvalue weighted by Crippen LogP contribution is 2.39. The molecule has 0 spiro atoms. The second-order valence-electron chi connectivity index (χ2n) is 7.22. The maximum Gasteiger partial charge on any atom is 0.192 e. The molecule has 0 unspecified atom stereocenters. The zero-order valence-electron chi connectivity index (χ0n) is 14.7. The van der Waals surface area contributed by atoms with Crippen LogP contribution in [0.1, 0.15) is 48.5 Å². The summed E-state index contributed by atoms with van der Waals surface area (Å²) in [6.07, 6.45) is 5.08. The van der Waals surface area contributed by atoms with Gasteiger partial charge in [-0.15, -0.1) is 0 Å². The van der Waals surface area contributed by atoms with Crippen LogP contribution < -0.4 is 0 Å². The third-order valence-electron chi connectivity index (χ3n) is 4.32. The zero-order chi connectivity index (χ0) is 16.1. The first-order valence-corrected chi connectivity index (χ1v) is 10.3. The predicted octanol–water partition coefficient (Wildman–Crippen LogP) is 5.12. The van der Waals surface area contributed by atoms with Crippen molar-refractivity contribution in [3.05, 3.63) is 23.3 Å². The van der Waals surface area contributed by atoms with Gasteiger partial charge in [-0.1, -0.05) is 39.8 Å². The third kappa shape index (κ3) is 5.37. The van der Waals surface area contributed by atoms with Crippen LogP contribution in [-0.4, -0.2) is 20.7 Å². The van der Waals surface area contributed by atoms with E-state index in [0.717, 1.165) is 11.9 Å². The van der Waals surface area contributed by atoms with Crippen molar-refractivity contribution in [2.24, 2.45) is 5.92 Å². The van der Waals surface area contributed by atoms with E-state index in [-0.39, 0.29) is 17.1 Å². The number of carbonyl (C=O) groups excluding carboxylic acids is 1. The lowest BCUT2D eigenvalue weighted by Crippen LogP contribution is -2.45. The SMILES string of the molecule is C/C=C(\C)[C@H](O[Si](C)(C)C(C)(C)C)[C@@H](C)/C=C(\C)C=O. The van der Waals surface area contributed by atoms with Crippen molar-refractivity contribution in [2.45, 2.75) is 72.7 Å². The van der Waals surface area contributed by atoms with Crippen molar-refractivity contribution in [1.82, 2.24) is 0 Å². The van der Waals surface area contributed by atoms with E-state index in [4.69, 9.17) is 4.43 Å². The second kappa shape index (κ2) is 7.37. The molecule has 0 aliphatic rings. The maximum absolute atomic E-state index is 10.8. The molecule has 0 N–H and O–H groups in total. The van der Waals surface area contributed by atoms with Gasteiger partial charge >= 0.3 is 0 Å². The average molecular weight is 297 g/mol. The predicted molar refractivity (Wildman–Crippen MR) is 90.5 cm³/mol. The van der Waals surface area contributed by atoms with E-state index < -0.39 is 8.32 Å². The lowest BCUT2D eigenvalue weighted by molar-refractivity contribution is -0.104. The summed E-state index contributed by atoms with van der Waals surface area (Å²) >= 11 is 0. The van der Waals surface area contributed by atoms with Gasteiger partial charge in [0.15, 0.2) is 8.32 Å². The topological polar surface area (TPSA) is 26.3 Å². The molecule has 0 aromatic heterocycles. The number of carbonyl (C=O) groups is 1. The van der Waals surface area contributed by atoms with Gasteiger partial charge in [-0.3, -0.25) is 4.79 Å². The Morgan fingerprint density at radius 1 is 1.20 bits per heavy atom. The van der Waals surface area contributed by atoms with Crippen molar-refractivity contribution < 1.29 is 9.22 Å². The summed E-state index contributed by atoms with van der Waals surface area (Å²) in [6, 6.07) is 0. The first-order chi connectivity index (χ1) is 8.96. The lowest BCUT2D eigenvalue weighted by atomic mass is 9.96. The Morgan fingerprint density at radius 2 is 1.70 bits per heavy atom. The van der Waals surface area contributed by atoms with Gasteiger partial charge in [0.05, 0.1) is 6.10 Å². The molecule has 0 aromatic rings. The van der Waals surface area contributed by atoms with Crippen LogP contribution in [-0.2, 0) is 9.22 Å². The maximum atomic E-state index is 10.8. The van der Waals surface area contributed by atoms with Crippen LogP contribution in [0.2, 0.25) is 18.1 Å². The Kier molecular flexibility index (Phi) is 7.12. The van der Waals surface area contributed by atoms with Crippen LogP contribution in [0.25, 0.3) is 0 Å². The van der Waals surface area contributed by atoms with Crippen molar-refractivity contribution in [3.8, 4) is 0 Å². The molecule has 0 bridgehead atoms. The van der Waals surface area contributed by atoms with E-state index in [1.54, 1.807) is 0 Å². The van der Waals surface area contributed by atoms with Gasteiger partial charge < -0.3 is 4.43 Å². The van der Waals surface area contributed by atoms with E-state index in [1.807, 2.05) is 19.9 Å². The van der Waals surface area contributed by atoms with Gasteiger partial charge in [-0.2, -0.15) is 0 Å². The molecule has 0 saturated carbocycles. The first kappa shape index (κ1) is 19.3. The molecular formula is C17H32O2Si. The summed E-state index contributed by atoms with van der Waals surface area (Å²) in [4.78, 5) is 10.8. The molecule has 20 heavy (non-hydrogen) atoms. The monoisotopic (exact) mass is 296 g/mol. The van der Waals surface area contributed by atoms with Gasteiger partial charge in [0, 0.05) is 5.92 Å².